The normalized spacial score (nSPS) is 28.8. The minimum Gasteiger partial charge on any atom is -0.480 e. The number of carbonyl (C=O) groups is 2. The van der Waals surface area contributed by atoms with Gasteiger partial charge >= 0.3 is 12.0 Å². The van der Waals surface area contributed by atoms with Crippen LogP contribution in [0.4, 0.5) is 4.79 Å². The van der Waals surface area contributed by atoms with Crippen molar-refractivity contribution >= 4 is 12.0 Å². The largest absolute Gasteiger partial charge is 0.480 e. The van der Waals surface area contributed by atoms with E-state index in [0.29, 0.717) is 19.5 Å². The molecule has 0 bridgehead atoms. The summed E-state index contributed by atoms with van der Waals surface area (Å²) >= 11 is 0. The summed E-state index contributed by atoms with van der Waals surface area (Å²) in [6, 6.07) is -1.06. The Balaban J connectivity index is 2.06. The molecular weight excluding hydrogens is 224 g/mol. The van der Waals surface area contributed by atoms with E-state index in [4.69, 9.17) is 5.11 Å². The Morgan fingerprint density at radius 3 is 2.41 bits per heavy atom. The van der Waals surface area contributed by atoms with Crippen LogP contribution in [0.1, 0.15) is 25.7 Å². The second kappa shape index (κ2) is 4.91. The van der Waals surface area contributed by atoms with Crippen LogP contribution in [0.2, 0.25) is 0 Å². The van der Waals surface area contributed by atoms with Crippen molar-refractivity contribution in [3.63, 3.8) is 0 Å². The number of nitrogens with zero attached hydrogens (tertiary/aromatic N) is 2. The number of rotatable bonds is 2. The summed E-state index contributed by atoms with van der Waals surface area (Å²) < 4.78 is 0. The first kappa shape index (κ1) is 12.2. The standard InChI is InChI=1S/C11H18N2O4/c14-7-8-3-1-5-12(8)11(17)13-6-2-4-9(13)10(15)16/h8-9,14H,1-7H2,(H,15,16)/t8?,9-/m1/s1. The van der Waals surface area contributed by atoms with Crippen molar-refractivity contribution in [2.24, 2.45) is 0 Å². The molecule has 0 aromatic rings. The van der Waals surface area contributed by atoms with Gasteiger partial charge in [-0.2, -0.15) is 0 Å². The van der Waals surface area contributed by atoms with Gasteiger partial charge in [0.25, 0.3) is 0 Å². The molecule has 6 heteroatoms. The van der Waals surface area contributed by atoms with E-state index >= 15 is 0 Å². The Labute approximate surface area is 99.8 Å². The van der Waals surface area contributed by atoms with Crippen LogP contribution in [0.3, 0.4) is 0 Å². The van der Waals surface area contributed by atoms with Crippen molar-refractivity contribution in [1.29, 1.82) is 0 Å². The first-order chi connectivity index (χ1) is 8.15. The molecule has 0 aliphatic carbocycles. The molecule has 0 aromatic heterocycles. The average Bonchev–Trinajstić information content (AvgIpc) is 2.96. The van der Waals surface area contributed by atoms with E-state index in [1.54, 1.807) is 4.90 Å². The number of aliphatic carboxylic acids is 1. The van der Waals surface area contributed by atoms with Crippen LogP contribution >= 0.6 is 0 Å². The maximum atomic E-state index is 12.2. The topological polar surface area (TPSA) is 81.1 Å². The highest BCUT2D eigenvalue weighted by molar-refractivity contribution is 5.83. The molecule has 2 aliphatic heterocycles. The zero-order valence-electron chi connectivity index (χ0n) is 9.71. The lowest BCUT2D eigenvalue weighted by atomic mass is 10.2. The number of hydrogen-bond acceptors (Lipinski definition) is 3. The van der Waals surface area contributed by atoms with E-state index in [1.807, 2.05) is 0 Å². The van der Waals surface area contributed by atoms with E-state index in [-0.39, 0.29) is 18.7 Å². The highest BCUT2D eigenvalue weighted by Gasteiger charge is 2.39. The van der Waals surface area contributed by atoms with Crippen LogP contribution < -0.4 is 0 Å². The number of aliphatic hydroxyl groups is 1. The number of carbonyl (C=O) groups excluding carboxylic acids is 1. The number of likely N-dealkylation sites (tertiary alicyclic amines) is 2. The van der Waals surface area contributed by atoms with Gasteiger partial charge in [0.2, 0.25) is 0 Å². The summed E-state index contributed by atoms with van der Waals surface area (Å²) in [6.45, 7) is 1.08. The number of hydrogen-bond donors (Lipinski definition) is 2. The third kappa shape index (κ3) is 2.22. The fraction of sp³-hybridized carbons (Fsp3) is 0.818. The summed E-state index contributed by atoms with van der Waals surface area (Å²) in [7, 11) is 0. The summed E-state index contributed by atoms with van der Waals surface area (Å²) in [6.07, 6.45) is 2.94. The molecule has 0 aromatic carbocycles. The van der Waals surface area contributed by atoms with E-state index in [0.717, 1.165) is 19.3 Å². The minimum atomic E-state index is -0.935. The molecule has 0 spiro atoms. The Bertz CT molecular complexity index is 321. The molecule has 17 heavy (non-hydrogen) atoms. The highest BCUT2D eigenvalue weighted by atomic mass is 16.4. The number of amides is 2. The number of urea groups is 1. The molecule has 2 fully saturated rings. The third-order valence-electron chi connectivity index (χ3n) is 3.62. The van der Waals surface area contributed by atoms with Crippen LogP contribution in [0.15, 0.2) is 0 Å². The van der Waals surface area contributed by atoms with E-state index in [1.165, 1.54) is 4.90 Å². The van der Waals surface area contributed by atoms with Crippen molar-refractivity contribution < 1.29 is 19.8 Å². The van der Waals surface area contributed by atoms with Gasteiger partial charge in [-0.05, 0) is 25.7 Å². The Hall–Kier alpha value is -1.30. The molecule has 2 aliphatic rings. The number of carboxylic acid groups (broad SMARTS) is 1. The first-order valence-electron chi connectivity index (χ1n) is 6.06. The van der Waals surface area contributed by atoms with Crippen molar-refractivity contribution in [2.45, 2.75) is 37.8 Å². The van der Waals surface area contributed by atoms with E-state index in [2.05, 4.69) is 0 Å². The van der Waals surface area contributed by atoms with Gasteiger partial charge in [-0.15, -0.1) is 0 Å². The molecule has 2 N–H and O–H groups in total. The van der Waals surface area contributed by atoms with Crippen LogP contribution in [0.5, 0.6) is 0 Å². The Kier molecular flexibility index (Phi) is 3.51. The molecule has 0 radical (unpaired) electrons. The Morgan fingerprint density at radius 1 is 1.12 bits per heavy atom. The monoisotopic (exact) mass is 242 g/mol. The predicted octanol–water partition coefficient (Wildman–Crippen LogP) is 0.112. The quantitative estimate of drug-likeness (QED) is 0.720. The maximum Gasteiger partial charge on any atom is 0.326 e. The predicted molar refractivity (Wildman–Crippen MR) is 59.6 cm³/mol. The summed E-state index contributed by atoms with van der Waals surface area (Å²) in [4.78, 5) is 26.3. The number of carboxylic acids is 1. The van der Waals surface area contributed by atoms with Gasteiger partial charge in [0.15, 0.2) is 0 Å². The van der Waals surface area contributed by atoms with Crippen LogP contribution in [-0.2, 0) is 4.79 Å². The smallest absolute Gasteiger partial charge is 0.326 e. The summed E-state index contributed by atoms with van der Waals surface area (Å²) in [5.74, 6) is -0.935. The van der Waals surface area contributed by atoms with Gasteiger partial charge in [-0.1, -0.05) is 0 Å². The average molecular weight is 242 g/mol. The second-order valence-electron chi connectivity index (χ2n) is 4.64. The molecule has 2 saturated heterocycles. The van der Waals surface area contributed by atoms with Crippen molar-refractivity contribution in [3.05, 3.63) is 0 Å². The van der Waals surface area contributed by atoms with Gasteiger partial charge in [0.05, 0.1) is 12.6 Å². The zero-order valence-corrected chi connectivity index (χ0v) is 9.71. The zero-order chi connectivity index (χ0) is 12.4. The van der Waals surface area contributed by atoms with E-state index < -0.39 is 12.0 Å². The van der Waals surface area contributed by atoms with Gasteiger partial charge in [-0.3, -0.25) is 0 Å². The number of aliphatic hydroxyl groups excluding tert-OH is 1. The SMILES string of the molecule is O=C(O)[C@H]1CCCN1C(=O)N1CCCC1CO. The van der Waals surface area contributed by atoms with Gasteiger partial charge in [0.1, 0.15) is 6.04 Å². The molecule has 2 heterocycles. The van der Waals surface area contributed by atoms with Crippen molar-refractivity contribution in [3.8, 4) is 0 Å². The van der Waals surface area contributed by atoms with Crippen LogP contribution in [0, 0.1) is 0 Å². The maximum absolute atomic E-state index is 12.2. The van der Waals surface area contributed by atoms with Crippen LogP contribution in [0.25, 0.3) is 0 Å². The lowest BCUT2D eigenvalue weighted by Crippen LogP contribution is -2.50. The molecule has 96 valence electrons. The molecule has 6 nitrogen and oxygen atoms in total. The first-order valence-corrected chi connectivity index (χ1v) is 6.06. The van der Waals surface area contributed by atoms with Gasteiger partial charge in [0, 0.05) is 13.1 Å². The molecular formula is C11H18N2O4. The molecule has 2 rings (SSSR count). The summed E-state index contributed by atoms with van der Waals surface area (Å²) in [5.41, 5.74) is 0. The Morgan fingerprint density at radius 2 is 1.76 bits per heavy atom. The van der Waals surface area contributed by atoms with Gasteiger partial charge in [-0.25, -0.2) is 9.59 Å². The lowest BCUT2D eigenvalue weighted by Gasteiger charge is -2.30. The van der Waals surface area contributed by atoms with Gasteiger partial charge < -0.3 is 20.0 Å². The summed E-state index contributed by atoms with van der Waals surface area (Å²) in [5, 5.41) is 18.2. The minimum absolute atomic E-state index is 0.0443. The molecule has 2 atom stereocenters. The molecule has 1 unspecified atom stereocenters. The molecule has 2 amide bonds. The van der Waals surface area contributed by atoms with Crippen molar-refractivity contribution in [2.75, 3.05) is 19.7 Å². The van der Waals surface area contributed by atoms with E-state index in [9.17, 15) is 14.7 Å². The molecule has 0 saturated carbocycles. The van der Waals surface area contributed by atoms with Crippen molar-refractivity contribution in [1.82, 2.24) is 9.80 Å². The third-order valence-corrected chi connectivity index (χ3v) is 3.62. The highest BCUT2D eigenvalue weighted by Crippen LogP contribution is 2.24. The van der Waals surface area contributed by atoms with Crippen LogP contribution in [-0.4, -0.2) is 63.8 Å². The fourth-order valence-electron chi connectivity index (χ4n) is 2.69. The fourth-order valence-corrected chi connectivity index (χ4v) is 2.69. The second-order valence-corrected chi connectivity index (χ2v) is 4.64. The lowest BCUT2D eigenvalue weighted by molar-refractivity contribution is -0.141.